The second kappa shape index (κ2) is 8.16. The summed E-state index contributed by atoms with van der Waals surface area (Å²) in [5.74, 6) is 1.26. The van der Waals surface area contributed by atoms with Crippen molar-refractivity contribution in [1.29, 1.82) is 0 Å². The molecule has 2 atom stereocenters. The first-order chi connectivity index (χ1) is 13.7. The van der Waals surface area contributed by atoms with Crippen LogP contribution < -0.4 is 19.7 Å². The van der Waals surface area contributed by atoms with Gasteiger partial charge in [0.1, 0.15) is 17.5 Å². The van der Waals surface area contributed by atoms with Crippen LogP contribution in [0.25, 0.3) is 10.2 Å². The number of para-hydroxylation sites is 1. The number of thiazole rings is 1. The number of hydrogen-bond donors (Lipinski definition) is 2. The molecule has 0 radical (unpaired) electrons. The van der Waals surface area contributed by atoms with Gasteiger partial charge in [-0.25, -0.2) is 4.98 Å². The number of ether oxygens (including phenoxy) is 2. The number of nitrogens with one attached hydrogen (secondary N) is 2. The van der Waals surface area contributed by atoms with Gasteiger partial charge in [0.25, 0.3) is 5.91 Å². The maximum atomic E-state index is 12.7. The summed E-state index contributed by atoms with van der Waals surface area (Å²) in [6.07, 6.45) is 2.16. The third-order valence-corrected chi connectivity index (χ3v) is 6.31. The van der Waals surface area contributed by atoms with Crippen LogP contribution in [0.5, 0.6) is 11.5 Å². The minimum atomic E-state index is -0.0328. The number of amides is 1. The predicted molar refractivity (Wildman–Crippen MR) is 110 cm³/mol. The Morgan fingerprint density at radius 2 is 2.11 bits per heavy atom. The van der Waals surface area contributed by atoms with Crippen LogP contribution in [0.2, 0.25) is 0 Å². The molecule has 0 spiro atoms. The van der Waals surface area contributed by atoms with Crippen molar-refractivity contribution >= 4 is 33.1 Å². The van der Waals surface area contributed by atoms with E-state index < -0.39 is 0 Å². The van der Waals surface area contributed by atoms with Crippen LogP contribution in [-0.2, 0) is 4.79 Å². The summed E-state index contributed by atoms with van der Waals surface area (Å²) in [4.78, 5) is 18.8. The number of anilines is 1. The molecule has 146 valence electrons. The second-order valence-electron chi connectivity index (χ2n) is 6.91. The summed E-state index contributed by atoms with van der Waals surface area (Å²) < 4.78 is 11.8. The summed E-state index contributed by atoms with van der Waals surface area (Å²) in [5, 5.41) is 4.11. The number of aromatic nitrogens is 1. The molecule has 4 rings (SSSR count). The number of rotatable bonds is 6. The molecular formula is C21H24N3O3S+. The average Bonchev–Trinajstić information content (AvgIpc) is 3.34. The molecule has 6 nitrogen and oxygen atoms in total. The molecular weight excluding hydrogens is 374 g/mol. The fraction of sp³-hybridized carbons (Fsp3) is 0.333. The van der Waals surface area contributed by atoms with Crippen LogP contribution in [0, 0.1) is 0 Å². The van der Waals surface area contributed by atoms with Gasteiger partial charge in [0.15, 0.2) is 11.6 Å². The molecule has 0 bridgehead atoms. The molecule has 1 amide bonds. The van der Waals surface area contributed by atoms with Crippen molar-refractivity contribution < 1.29 is 19.2 Å². The first kappa shape index (κ1) is 18.7. The Morgan fingerprint density at radius 1 is 1.25 bits per heavy atom. The molecule has 0 saturated carbocycles. The van der Waals surface area contributed by atoms with E-state index in [0.717, 1.165) is 29.9 Å². The fourth-order valence-electron chi connectivity index (χ4n) is 3.77. The normalized spacial score (nSPS) is 18.9. The van der Waals surface area contributed by atoms with Crippen molar-refractivity contribution in [2.75, 3.05) is 32.6 Å². The Labute approximate surface area is 168 Å². The first-order valence-electron chi connectivity index (χ1n) is 9.40. The summed E-state index contributed by atoms with van der Waals surface area (Å²) >= 11 is 1.74. The van der Waals surface area contributed by atoms with Crippen LogP contribution in [0.4, 0.5) is 5.69 Å². The highest BCUT2D eigenvalue weighted by molar-refractivity contribution is 7.18. The molecule has 2 aromatic carbocycles. The van der Waals surface area contributed by atoms with Crippen molar-refractivity contribution in [2.45, 2.75) is 18.9 Å². The van der Waals surface area contributed by atoms with Gasteiger partial charge >= 0.3 is 0 Å². The highest BCUT2D eigenvalue weighted by Gasteiger charge is 2.34. The standard InChI is InChI=1S/C21H23N3O3S/c1-26-14-9-10-18(27-2)16(12-14)22-20(25)13-24-11-5-7-17(24)21-23-15-6-3-4-8-19(15)28-21/h3-4,6,8-10,12,17H,5,7,11,13H2,1-2H3,(H,22,25)/p+1/t17-/m0/s1. The van der Waals surface area contributed by atoms with Gasteiger partial charge in [0.05, 0.1) is 36.7 Å². The van der Waals surface area contributed by atoms with Crippen LogP contribution >= 0.6 is 11.3 Å². The summed E-state index contributed by atoms with van der Waals surface area (Å²) in [6, 6.07) is 13.9. The van der Waals surface area contributed by atoms with Crippen molar-refractivity contribution in [2.24, 2.45) is 0 Å². The Morgan fingerprint density at radius 3 is 2.89 bits per heavy atom. The topological polar surface area (TPSA) is 64.9 Å². The molecule has 3 aromatic rings. The van der Waals surface area contributed by atoms with E-state index >= 15 is 0 Å². The SMILES string of the molecule is COc1ccc(OC)c(NC(=O)C[NH+]2CCC[C@H]2c2nc3ccccc3s2)c1. The van der Waals surface area contributed by atoms with Crippen molar-refractivity contribution in [3.8, 4) is 11.5 Å². The minimum Gasteiger partial charge on any atom is -0.497 e. The van der Waals surface area contributed by atoms with Crippen LogP contribution in [0.3, 0.4) is 0 Å². The van der Waals surface area contributed by atoms with E-state index in [1.807, 2.05) is 24.3 Å². The van der Waals surface area contributed by atoms with Crippen LogP contribution in [0.15, 0.2) is 42.5 Å². The fourth-order valence-corrected chi connectivity index (χ4v) is 4.93. The number of carbonyl (C=O) groups is 1. The monoisotopic (exact) mass is 398 g/mol. The summed E-state index contributed by atoms with van der Waals surface area (Å²) in [5.41, 5.74) is 1.67. The predicted octanol–water partition coefficient (Wildman–Crippen LogP) is 2.67. The number of quaternary nitrogens is 1. The second-order valence-corrected chi connectivity index (χ2v) is 7.98. The lowest BCUT2D eigenvalue weighted by Gasteiger charge is -2.19. The van der Waals surface area contributed by atoms with E-state index in [4.69, 9.17) is 14.5 Å². The molecule has 1 saturated heterocycles. The summed E-state index contributed by atoms with van der Waals surface area (Å²) in [6.45, 7) is 1.38. The highest BCUT2D eigenvalue weighted by Crippen LogP contribution is 2.30. The smallest absolute Gasteiger partial charge is 0.279 e. The van der Waals surface area contributed by atoms with Gasteiger partial charge < -0.3 is 19.7 Å². The van der Waals surface area contributed by atoms with Gasteiger partial charge in [-0.05, 0) is 24.3 Å². The molecule has 0 aliphatic carbocycles. The minimum absolute atomic E-state index is 0.0328. The van der Waals surface area contributed by atoms with E-state index in [1.54, 1.807) is 37.7 Å². The molecule has 2 N–H and O–H groups in total. The molecule has 1 unspecified atom stereocenters. The van der Waals surface area contributed by atoms with Gasteiger partial charge in [-0.3, -0.25) is 4.79 Å². The van der Waals surface area contributed by atoms with E-state index in [0.29, 0.717) is 23.7 Å². The maximum Gasteiger partial charge on any atom is 0.279 e. The Hall–Kier alpha value is -2.64. The quantitative estimate of drug-likeness (QED) is 0.670. The molecule has 2 heterocycles. The van der Waals surface area contributed by atoms with E-state index in [1.165, 1.54) is 9.60 Å². The largest absolute Gasteiger partial charge is 0.497 e. The maximum absolute atomic E-state index is 12.7. The van der Waals surface area contributed by atoms with Gasteiger partial charge in [0.2, 0.25) is 0 Å². The number of benzene rings is 2. The zero-order valence-corrected chi connectivity index (χ0v) is 16.8. The zero-order valence-electron chi connectivity index (χ0n) is 16.0. The molecule has 1 aliphatic heterocycles. The number of carbonyl (C=O) groups excluding carboxylic acids is 1. The Bertz CT molecular complexity index is 955. The molecule has 28 heavy (non-hydrogen) atoms. The molecule has 7 heteroatoms. The van der Waals surface area contributed by atoms with E-state index in [9.17, 15) is 4.79 Å². The van der Waals surface area contributed by atoms with E-state index in [-0.39, 0.29) is 11.9 Å². The lowest BCUT2D eigenvalue weighted by molar-refractivity contribution is -0.910. The van der Waals surface area contributed by atoms with Crippen molar-refractivity contribution in [3.05, 3.63) is 47.5 Å². The van der Waals surface area contributed by atoms with Gasteiger partial charge in [-0.1, -0.05) is 12.1 Å². The molecule has 1 aliphatic rings. The van der Waals surface area contributed by atoms with Crippen molar-refractivity contribution in [1.82, 2.24) is 4.98 Å². The number of hydrogen-bond acceptors (Lipinski definition) is 5. The summed E-state index contributed by atoms with van der Waals surface area (Å²) in [7, 11) is 3.19. The van der Waals surface area contributed by atoms with Gasteiger partial charge in [-0.2, -0.15) is 0 Å². The Kier molecular flexibility index (Phi) is 5.45. The number of nitrogens with zero attached hydrogens (tertiary/aromatic N) is 1. The van der Waals surface area contributed by atoms with Crippen LogP contribution in [0.1, 0.15) is 23.9 Å². The number of fused-ring (bicyclic) bond motifs is 1. The third-order valence-electron chi connectivity index (χ3n) is 5.16. The van der Waals surface area contributed by atoms with Crippen LogP contribution in [-0.4, -0.2) is 38.2 Å². The van der Waals surface area contributed by atoms with Gasteiger partial charge in [0, 0.05) is 18.9 Å². The highest BCUT2D eigenvalue weighted by atomic mass is 32.1. The number of likely N-dealkylation sites (tertiary alicyclic amines) is 1. The lowest BCUT2D eigenvalue weighted by atomic mass is 10.2. The number of methoxy groups -OCH3 is 2. The molecule has 1 aromatic heterocycles. The average molecular weight is 399 g/mol. The Balaban J connectivity index is 1.48. The third kappa shape index (κ3) is 3.81. The van der Waals surface area contributed by atoms with E-state index in [2.05, 4.69) is 11.4 Å². The lowest BCUT2D eigenvalue weighted by Crippen LogP contribution is -3.11. The van der Waals surface area contributed by atoms with Crippen molar-refractivity contribution in [3.63, 3.8) is 0 Å². The van der Waals surface area contributed by atoms with Gasteiger partial charge in [-0.15, -0.1) is 11.3 Å². The first-order valence-corrected chi connectivity index (χ1v) is 10.2. The molecule has 1 fully saturated rings. The zero-order chi connectivity index (χ0) is 19.5.